The van der Waals surface area contributed by atoms with Crippen LogP contribution in [-0.2, 0) is 9.53 Å². The second kappa shape index (κ2) is 12.2. The van der Waals surface area contributed by atoms with E-state index in [0.29, 0.717) is 30.0 Å². The lowest BCUT2D eigenvalue weighted by Crippen LogP contribution is -2.44. The fourth-order valence-electron chi connectivity index (χ4n) is 5.45. The molecule has 202 valence electrons. The summed E-state index contributed by atoms with van der Waals surface area (Å²) in [4.78, 5) is 20.2. The van der Waals surface area contributed by atoms with Crippen LogP contribution in [0.2, 0.25) is 5.02 Å². The third-order valence-corrected chi connectivity index (χ3v) is 7.82. The summed E-state index contributed by atoms with van der Waals surface area (Å²) < 4.78 is 17.7. The Morgan fingerprint density at radius 1 is 1.19 bits per heavy atom. The van der Waals surface area contributed by atoms with E-state index in [1.54, 1.807) is 13.3 Å². The van der Waals surface area contributed by atoms with E-state index in [4.69, 9.17) is 25.8 Å². The van der Waals surface area contributed by atoms with Crippen molar-refractivity contribution >= 4 is 28.9 Å². The molecule has 2 fully saturated rings. The number of nitrogens with zero attached hydrogens (tertiary/aromatic N) is 3. The molecule has 0 saturated carbocycles. The van der Waals surface area contributed by atoms with Gasteiger partial charge in [-0.25, -0.2) is 4.98 Å². The number of hydrogen-bond donors (Lipinski definition) is 1. The first-order valence-electron chi connectivity index (χ1n) is 13.1. The number of aliphatic carboxylic acids is 1. The Hall–Kier alpha value is -2.71. The van der Waals surface area contributed by atoms with Gasteiger partial charge in [0.05, 0.1) is 36.5 Å². The van der Waals surface area contributed by atoms with Crippen LogP contribution in [0.3, 0.4) is 0 Å². The molecule has 3 heterocycles. The zero-order valence-electron chi connectivity index (χ0n) is 22.1. The summed E-state index contributed by atoms with van der Waals surface area (Å²) >= 11 is 6.41. The molecule has 0 spiro atoms. The first-order valence-corrected chi connectivity index (χ1v) is 13.5. The van der Waals surface area contributed by atoms with Gasteiger partial charge in [0, 0.05) is 62.3 Å². The van der Waals surface area contributed by atoms with Crippen molar-refractivity contribution in [2.24, 2.45) is 11.8 Å². The van der Waals surface area contributed by atoms with Crippen molar-refractivity contribution in [3.63, 3.8) is 0 Å². The van der Waals surface area contributed by atoms with Gasteiger partial charge >= 0.3 is 5.97 Å². The summed E-state index contributed by atoms with van der Waals surface area (Å²) in [7, 11) is 1.60. The van der Waals surface area contributed by atoms with Crippen molar-refractivity contribution in [3.05, 3.63) is 41.6 Å². The lowest BCUT2D eigenvalue weighted by molar-refractivity contribution is -0.137. The molecule has 2 aliphatic rings. The smallest absolute Gasteiger partial charge is 0.305 e. The average molecular weight is 532 g/mol. The number of carbonyl (C=O) groups is 1. The lowest BCUT2D eigenvalue weighted by atomic mass is 9.96. The average Bonchev–Trinajstić information content (AvgIpc) is 3.19. The van der Waals surface area contributed by atoms with Crippen molar-refractivity contribution in [2.45, 2.75) is 58.3 Å². The van der Waals surface area contributed by atoms with Crippen molar-refractivity contribution in [1.82, 2.24) is 4.98 Å². The third kappa shape index (κ3) is 6.41. The highest BCUT2D eigenvalue weighted by molar-refractivity contribution is 6.33. The zero-order chi connectivity index (χ0) is 26.5. The Bertz CT molecular complexity index is 1050. The highest BCUT2D eigenvalue weighted by Crippen LogP contribution is 2.36. The number of carboxylic acid groups (broad SMARTS) is 1. The number of ether oxygens (including phenoxy) is 3. The predicted octanol–water partition coefficient (Wildman–Crippen LogP) is 5.13. The Morgan fingerprint density at radius 3 is 2.59 bits per heavy atom. The minimum atomic E-state index is -0.787. The number of methoxy groups -OCH3 is 1. The van der Waals surface area contributed by atoms with Crippen LogP contribution in [0.5, 0.6) is 11.6 Å². The monoisotopic (exact) mass is 531 g/mol. The van der Waals surface area contributed by atoms with E-state index in [-0.39, 0.29) is 30.6 Å². The van der Waals surface area contributed by atoms with Crippen LogP contribution >= 0.6 is 11.6 Å². The Labute approximate surface area is 224 Å². The summed E-state index contributed by atoms with van der Waals surface area (Å²) in [5, 5.41) is 10.1. The summed E-state index contributed by atoms with van der Waals surface area (Å²) in [6, 6.07) is 9.81. The maximum Gasteiger partial charge on any atom is 0.305 e. The number of aromatic nitrogens is 1. The molecular weight excluding hydrogens is 494 g/mol. The number of piperidine rings is 1. The number of anilines is 2. The Kier molecular flexibility index (Phi) is 9.03. The number of hydrogen-bond acceptors (Lipinski definition) is 7. The van der Waals surface area contributed by atoms with Gasteiger partial charge in [0.15, 0.2) is 0 Å². The molecule has 1 aromatic heterocycles. The van der Waals surface area contributed by atoms with E-state index in [2.05, 4.69) is 35.6 Å². The molecule has 8 nitrogen and oxygen atoms in total. The lowest BCUT2D eigenvalue weighted by Gasteiger charge is -2.38. The minimum absolute atomic E-state index is 0.0279. The van der Waals surface area contributed by atoms with Crippen molar-refractivity contribution in [2.75, 3.05) is 43.2 Å². The predicted molar refractivity (Wildman–Crippen MR) is 145 cm³/mol. The number of pyridine rings is 1. The van der Waals surface area contributed by atoms with Crippen LogP contribution in [0, 0.1) is 11.8 Å². The Morgan fingerprint density at radius 2 is 1.95 bits per heavy atom. The molecule has 5 atom stereocenters. The molecular formula is C28H38ClN3O5. The van der Waals surface area contributed by atoms with Gasteiger partial charge < -0.3 is 29.1 Å². The first-order chi connectivity index (χ1) is 17.8. The highest BCUT2D eigenvalue weighted by atomic mass is 35.5. The maximum absolute atomic E-state index is 11.6. The third-order valence-electron chi connectivity index (χ3n) is 7.53. The molecule has 5 unspecified atom stereocenters. The second-order valence-electron chi connectivity index (χ2n) is 10.1. The van der Waals surface area contributed by atoms with Gasteiger partial charge in [0.1, 0.15) is 11.9 Å². The molecule has 37 heavy (non-hydrogen) atoms. The number of halogens is 1. The quantitative estimate of drug-likeness (QED) is 0.451. The summed E-state index contributed by atoms with van der Waals surface area (Å²) in [6.07, 6.45) is 3.65. The van der Waals surface area contributed by atoms with E-state index in [1.165, 1.54) is 0 Å². The highest BCUT2D eigenvalue weighted by Gasteiger charge is 2.40. The Balaban J connectivity index is 1.39. The zero-order valence-corrected chi connectivity index (χ0v) is 22.9. The molecule has 0 bridgehead atoms. The molecule has 1 N–H and O–H groups in total. The van der Waals surface area contributed by atoms with Crippen LogP contribution in [0.15, 0.2) is 36.5 Å². The molecule has 0 radical (unpaired) electrons. The molecule has 2 aliphatic heterocycles. The van der Waals surface area contributed by atoms with Gasteiger partial charge in [-0.05, 0) is 30.7 Å². The molecule has 2 saturated heterocycles. The van der Waals surface area contributed by atoms with Crippen LogP contribution in [-0.4, -0.2) is 67.7 Å². The number of carboxylic acids is 1. The van der Waals surface area contributed by atoms with Gasteiger partial charge in [0.25, 0.3) is 0 Å². The second-order valence-corrected chi connectivity index (χ2v) is 10.5. The van der Waals surface area contributed by atoms with Gasteiger partial charge in [-0.15, -0.1) is 0 Å². The molecule has 1 aromatic carbocycles. The van der Waals surface area contributed by atoms with Crippen LogP contribution in [0.1, 0.15) is 40.0 Å². The summed E-state index contributed by atoms with van der Waals surface area (Å²) in [5.41, 5.74) is 1.93. The first kappa shape index (κ1) is 27.3. The van der Waals surface area contributed by atoms with E-state index in [1.807, 2.05) is 30.3 Å². The molecule has 0 aliphatic carbocycles. The van der Waals surface area contributed by atoms with Gasteiger partial charge in [-0.2, -0.15) is 0 Å². The molecule has 9 heteroatoms. The van der Waals surface area contributed by atoms with Crippen LogP contribution < -0.4 is 19.3 Å². The standard InChI is InChI=1S/C28H38ClN3O5/c1-5-12-36-26-17-32(23(19(26)3)14-28(33)34)20-6-8-21(9-7-20)37-25-10-11-31(16-18(25)2)24-13-27(35-4)30-15-22(24)29/h6-9,13,15,18-19,23,25-26H,5,10-12,14,16-17H2,1-4H3,(H,33,34). The van der Waals surface area contributed by atoms with Crippen molar-refractivity contribution in [3.8, 4) is 11.6 Å². The van der Waals surface area contributed by atoms with Crippen LogP contribution in [0.25, 0.3) is 0 Å². The van der Waals surface area contributed by atoms with Gasteiger partial charge in [0.2, 0.25) is 5.88 Å². The van der Waals surface area contributed by atoms with Crippen LogP contribution in [0.4, 0.5) is 11.4 Å². The number of rotatable bonds is 10. The summed E-state index contributed by atoms with van der Waals surface area (Å²) in [5.74, 6) is 1.01. The van der Waals surface area contributed by atoms with Gasteiger partial charge in [-0.1, -0.05) is 32.4 Å². The maximum atomic E-state index is 11.6. The van der Waals surface area contributed by atoms with E-state index < -0.39 is 5.97 Å². The number of benzene rings is 1. The fourth-order valence-corrected chi connectivity index (χ4v) is 5.67. The van der Waals surface area contributed by atoms with Gasteiger partial charge in [-0.3, -0.25) is 4.79 Å². The minimum Gasteiger partial charge on any atom is -0.490 e. The molecule has 4 rings (SSSR count). The molecule has 2 aromatic rings. The SMILES string of the molecule is CCCOC1CN(c2ccc(OC3CCN(c4cc(OC)ncc4Cl)CC3C)cc2)C(CC(=O)O)C1C. The van der Waals surface area contributed by atoms with E-state index in [9.17, 15) is 9.90 Å². The topological polar surface area (TPSA) is 84.4 Å². The van der Waals surface area contributed by atoms with Crippen molar-refractivity contribution < 1.29 is 24.1 Å². The van der Waals surface area contributed by atoms with Crippen molar-refractivity contribution in [1.29, 1.82) is 0 Å². The normalized spacial score (nSPS) is 25.8. The van der Waals surface area contributed by atoms with E-state index >= 15 is 0 Å². The largest absolute Gasteiger partial charge is 0.490 e. The molecule has 0 amide bonds. The summed E-state index contributed by atoms with van der Waals surface area (Å²) in [6.45, 7) is 9.38. The van der Waals surface area contributed by atoms with E-state index in [0.717, 1.165) is 43.1 Å². The fraction of sp³-hybridized carbons (Fsp3) is 0.571.